The average molecular weight is 336 g/mol. The summed E-state index contributed by atoms with van der Waals surface area (Å²) in [6.45, 7) is 0.0312. The molecule has 2 rings (SSSR count). The smallest absolute Gasteiger partial charge is 0.329 e. The van der Waals surface area contributed by atoms with Gasteiger partial charge in [0.1, 0.15) is 0 Å². The molecule has 0 radical (unpaired) electrons. The molecule has 1 aromatic heterocycles. The van der Waals surface area contributed by atoms with E-state index in [1.54, 1.807) is 0 Å². The van der Waals surface area contributed by atoms with E-state index in [1.807, 2.05) is 0 Å². The van der Waals surface area contributed by atoms with Gasteiger partial charge in [0.2, 0.25) is 5.82 Å². The normalized spacial score (nSPS) is 12.5. The number of hydrogen-bond donors (Lipinski definition) is 2. The number of nitrogens with one attached hydrogen (secondary N) is 2. The molecule has 0 bridgehead atoms. The number of benzene rings is 1. The fraction of sp³-hybridized carbons (Fsp3) is 0.273. The van der Waals surface area contributed by atoms with Crippen molar-refractivity contribution in [1.29, 1.82) is 0 Å². The third-order valence-electron chi connectivity index (χ3n) is 2.62. The van der Waals surface area contributed by atoms with Gasteiger partial charge in [0.05, 0.1) is 0 Å². The zero-order valence-corrected chi connectivity index (χ0v) is 12.0. The van der Waals surface area contributed by atoms with E-state index in [9.17, 15) is 21.6 Å². The molecule has 0 saturated heterocycles. The van der Waals surface area contributed by atoms with Crippen LogP contribution in [0.5, 0.6) is 0 Å². The predicted octanol–water partition coefficient (Wildman–Crippen LogP) is 1.31. The van der Waals surface area contributed by atoms with Gasteiger partial charge in [-0.05, 0) is 5.56 Å². The molecule has 2 aromatic rings. The monoisotopic (exact) mass is 336 g/mol. The number of hydrogen-bond acceptors (Lipinski definition) is 5. The van der Waals surface area contributed by atoms with E-state index in [0.717, 1.165) is 0 Å². The van der Waals surface area contributed by atoms with Crippen molar-refractivity contribution in [3.63, 3.8) is 0 Å². The number of rotatable bonds is 5. The third-order valence-corrected chi connectivity index (χ3v) is 3.68. The van der Waals surface area contributed by atoms with Crippen LogP contribution in [0.3, 0.4) is 0 Å². The van der Waals surface area contributed by atoms with Crippen molar-refractivity contribution in [2.24, 2.45) is 0 Å². The summed E-state index contributed by atoms with van der Waals surface area (Å²) in [7, 11) is -2.29. The van der Waals surface area contributed by atoms with Crippen LogP contribution in [-0.2, 0) is 22.9 Å². The molecule has 7 nitrogen and oxygen atoms in total. The molecule has 11 heteroatoms. The first kappa shape index (κ1) is 16.4. The lowest BCUT2D eigenvalue weighted by atomic mass is 10.1. The van der Waals surface area contributed by atoms with Gasteiger partial charge in [-0.25, -0.2) is 4.72 Å². The molecule has 1 heterocycles. The highest BCUT2D eigenvalue weighted by Crippen LogP contribution is 2.29. The number of aromatic nitrogens is 2. The topological polar surface area (TPSA) is 97.1 Å². The lowest BCUT2D eigenvalue weighted by Crippen LogP contribution is -2.33. The molecular formula is C11H11F3N4O3S. The van der Waals surface area contributed by atoms with Gasteiger partial charge in [-0.2, -0.15) is 31.3 Å². The molecule has 0 fully saturated rings. The van der Waals surface area contributed by atoms with Crippen LogP contribution in [0.25, 0.3) is 11.4 Å². The van der Waals surface area contributed by atoms with Gasteiger partial charge in [-0.3, -0.25) is 0 Å². The van der Waals surface area contributed by atoms with E-state index in [4.69, 9.17) is 0 Å². The van der Waals surface area contributed by atoms with Crippen LogP contribution in [-0.4, -0.2) is 25.6 Å². The third kappa shape index (κ3) is 4.02. The zero-order valence-electron chi connectivity index (χ0n) is 11.2. The summed E-state index contributed by atoms with van der Waals surface area (Å²) >= 11 is 0. The van der Waals surface area contributed by atoms with Gasteiger partial charge in [0.15, 0.2) is 0 Å². The zero-order chi connectivity index (χ0) is 16.4. The Morgan fingerprint density at radius 3 is 2.36 bits per heavy atom. The van der Waals surface area contributed by atoms with Crippen LogP contribution in [0.4, 0.5) is 13.2 Å². The first-order chi connectivity index (χ1) is 10.2. The SMILES string of the molecule is CNS(=O)(=O)NCc1ccc(-c2noc(C(F)(F)F)n2)cc1. The summed E-state index contributed by atoms with van der Waals surface area (Å²) in [5.41, 5.74) is 0.932. The molecule has 0 aliphatic carbocycles. The molecule has 0 amide bonds. The molecule has 1 aromatic carbocycles. The molecule has 120 valence electrons. The second-order valence-corrected chi connectivity index (χ2v) is 5.85. The van der Waals surface area contributed by atoms with E-state index >= 15 is 0 Å². The fourth-order valence-corrected chi connectivity index (χ4v) is 1.98. The quantitative estimate of drug-likeness (QED) is 0.858. The Kier molecular flexibility index (Phi) is 4.49. The maximum atomic E-state index is 12.4. The summed E-state index contributed by atoms with van der Waals surface area (Å²) in [6, 6.07) is 6.01. The van der Waals surface area contributed by atoms with Gasteiger partial charge in [0, 0.05) is 19.2 Å². The largest absolute Gasteiger partial charge is 0.471 e. The highest BCUT2D eigenvalue weighted by Gasteiger charge is 2.38. The van der Waals surface area contributed by atoms with E-state index in [2.05, 4.69) is 24.1 Å². The fourth-order valence-electron chi connectivity index (χ4n) is 1.48. The summed E-state index contributed by atoms with van der Waals surface area (Å²) in [4.78, 5) is 3.26. The lowest BCUT2D eigenvalue weighted by Gasteiger charge is -2.05. The van der Waals surface area contributed by atoms with Gasteiger partial charge < -0.3 is 4.52 Å². The summed E-state index contributed by atoms with van der Waals surface area (Å²) in [5.74, 6) is -1.62. The van der Waals surface area contributed by atoms with Crippen LogP contribution >= 0.6 is 0 Å². The first-order valence-corrected chi connectivity index (χ1v) is 7.38. The van der Waals surface area contributed by atoms with E-state index in [-0.39, 0.29) is 12.4 Å². The second-order valence-electron chi connectivity index (χ2n) is 4.15. The van der Waals surface area contributed by atoms with Crippen molar-refractivity contribution in [1.82, 2.24) is 19.6 Å². The molecule has 22 heavy (non-hydrogen) atoms. The van der Waals surface area contributed by atoms with Crippen molar-refractivity contribution in [3.8, 4) is 11.4 Å². The van der Waals surface area contributed by atoms with Crippen molar-refractivity contribution >= 4 is 10.2 Å². The molecular weight excluding hydrogens is 325 g/mol. The van der Waals surface area contributed by atoms with Crippen LogP contribution in [0, 0.1) is 0 Å². The number of halogens is 3. The Morgan fingerprint density at radius 1 is 1.23 bits per heavy atom. The Bertz CT molecular complexity index is 741. The van der Waals surface area contributed by atoms with Crippen LogP contribution < -0.4 is 9.44 Å². The Morgan fingerprint density at radius 2 is 1.86 bits per heavy atom. The van der Waals surface area contributed by atoms with E-state index in [1.165, 1.54) is 31.3 Å². The van der Waals surface area contributed by atoms with Crippen LogP contribution in [0.2, 0.25) is 0 Å². The number of alkyl halides is 3. The van der Waals surface area contributed by atoms with Gasteiger partial charge in [0.25, 0.3) is 10.2 Å². The maximum Gasteiger partial charge on any atom is 0.471 e. The summed E-state index contributed by atoms with van der Waals surface area (Å²) < 4.78 is 68.0. The second kappa shape index (κ2) is 6.02. The maximum absolute atomic E-state index is 12.4. The van der Waals surface area contributed by atoms with Crippen LogP contribution in [0.15, 0.2) is 28.8 Å². The molecule has 0 spiro atoms. The predicted molar refractivity (Wildman–Crippen MR) is 69.6 cm³/mol. The summed E-state index contributed by atoms with van der Waals surface area (Å²) in [5, 5.41) is 3.25. The minimum atomic E-state index is -4.70. The Balaban J connectivity index is 2.10. The molecule has 0 aliphatic heterocycles. The van der Waals surface area contributed by atoms with Crippen molar-refractivity contribution in [2.75, 3.05) is 7.05 Å². The number of nitrogens with zero attached hydrogens (tertiary/aromatic N) is 2. The van der Waals surface area contributed by atoms with Crippen molar-refractivity contribution in [3.05, 3.63) is 35.7 Å². The van der Waals surface area contributed by atoms with Crippen molar-refractivity contribution in [2.45, 2.75) is 12.7 Å². The highest BCUT2D eigenvalue weighted by molar-refractivity contribution is 7.87. The standard InChI is InChI=1S/C11H11F3N4O3S/c1-15-22(19,20)16-6-7-2-4-8(5-3-7)9-17-10(21-18-9)11(12,13)14/h2-5,15-16H,6H2,1H3. The van der Waals surface area contributed by atoms with Crippen LogP contribution in [0.1, 0.15) is 11.5 Å². The van der Waals surface area contributed by atoms with Gasteiger partial charge >= 0.3 is 12.1 Å². The lowest BCUT2D eigenvalue weighted by molar-refractivity contribution is -0.159. The van der Waals surface area contributed by atoms with E-state index < -0.39 is 22.3 Å². The minimum Gasteiger partial charge on any atom is -0.329 e. The van der Waals surface area contributed by atoms with Gasteiger partial charge in [-0.1, -0.05) is 29.4 Å². The molecule has 0 atom stereocenters. The Hall–Kier alpha value is -1.98. The molecule has 2 N–H and O–H groups in total. The summed E-state index contributed by atoms with van der Waals surface area (Å²) in [6.07, 6.45) is -4.70. The Labute approximate surface area is 123 Å². The molecule has 0 aliphatic rings. The average Bonchev–Trinajstić information content (AvgIpc) is 2.96. The van der Waals surface area contributed by atoms with E-state index in [0.29, 0.717) is 11.1 Å². The first-order valence-electron chi connectivity index (χ1n) is 5.89. The highest BCUT2D eigenvalue weighted by atomic mass is 32.2. The molecule has 0 unspecified atom stereocenters. The van der Waals surface area contributed by atoms with Gasteiger partial charge in [-0.15, -0.1) is 0 Å². The minimum absolute atomic E-state index is 0.0312. The molecule has 0 saturated carbocycles. The van der Waals surface area contributed by atoms with Crippen molar-refractivity contribution < 1.29 is 26.1 Å².